The number of hydrogen-bond donors (Lipinski definition) is 4. The molecule has 1 spiro atoms. The van der Waals surface area contributed by atoms with Gasteiger partial charge in [0.25, 0.3) is 5.79 Å². The molecule has 0 amide bonds. The van der Waals surface area contributed by atoms with Crippen molar-refractivity contribution in [3.63, 3.8) is 0 Å². The Kier molecular flexibility index (Phi) is 9.24. The predicted molar refractivity (Wildman–Crippen MR) is 168 cm³/mol. The van der Waals surface area contributed by atoms with Crippen molar-refractivity contribution >= 4 is 23.6 Å². The van der Waals surface area contributed by atoms with Gasteiger partial charge in [0.05, 0.1) is 18.7 Å². The van der Waals surface area contributed by atoms with Gasteiger partial charge in [0, 0.05) is 24.3 Å². The fourth-order valence-corrected chi connectivity index (χ4v) is 9.13. The van der Waals surface area contributed by atoms with Gasteiger partial charge >= 0.3 is 5.97 Å². The molecule has 4 bridgehead atoms. The number of aliphatic hydroxyl groups excluding tert-OH is 4. The van der Waals surface area contributed by atoms with Crippen molar-refractivity contribution in [1.82, 2.24) is 0 Å². The van der Waals surface area contributed by atoms with Crippen molar-refractivity contribution in [3.8, 4) is 11.5 Å². The number of methoxy groups -OCH3 is 2. The second kappa shape index (κ2) is 13.2. The first-order valence-corrected chi connectivity index (χ1v) is 16.7. The average Bonchev–Trinajstić information content (AvgIpc) is 3.08. The second-order valence-corrected chi connectivity index (χ2v) is 13.9. The minimum Gasteiger partial charge on any atom is -0.487 e. The van der Waals surface area contributed by atoms with Crippen LogP contribution in [0.2, 0.25) is 5.02 Å². The third kappa shape index (κ3) is 5.42. The highest BCUT2D eigenvalue weighted by atomic mass is 35.5. The summed E-state index contributed by atoms with van der Waals surface area (Å²) >= 11 is 7.19. The fourth-order valence-electron chi connectivity index (χ4n) is 8.78. The SMILES string of the molecule is COC(=O)/C=C/c1ccc(C2(OC)OOC23C2CC4CC(C2)CC3C4)c(Cl)c1OCc1ccc(O[C@@H]2OC(CO)[C@H](O)[C@H](O)C2O)cc1. The summed E-state index contributed by atoms with van der Waals surface area (Å²) in [5.74, 6) is 0.844. The van der Waals surface area contributed by atoms with Crippen LogP contribution < -0.4 is 9.47 Å². The van der Waals surface area contributed by atoms with E-state index in [1.54, 1.807) is 43.5 Å². The molecule has 2 heterocycles. The largest absolute Gasteiger partial charge is 0.487 e. The summed E-state index contributed by atoms with van der Waals surface area (Å²) < 4.78 is 28.5. The van der Waals surface area contributed by atoms with Crippen molar-refractivity contribution < 1.29 is 58.7 Å². The lowest BCUT2D eigenvalue weighted by Crippen LogP contribution is -2.76. The molecular weight excluding hydrogens is 648 g/mol. The zero-order valence-corrected chi connectivity index (χ0v) is 27.5. The molecule has 260 valence electrons. The highest BCUT2D eigenvalue weighted by molar-refractivity contribution is 6.33. The lowest BCUT2D eigenvalue weighted by Gasteiger charge is -2.68. The van der Waals surface area contributed by atoms with Gasteiger partial charge in [-0.3, -0.25) is 0 Å². The summed E-state index contributed by atoms with van der Waals surface area (Å²) in [5.41, 5.74) is 1.22. The molecule has 48 heavy (non-hydrogen) atoms. The van der Waals surface area contributed by atoms with Gasteiger partial charge in [-0.25, -0.2) is 9.68 Å². The molecule has 4 saturated carbocycles. The standard InChI is InChI=1S/C35H41ClO12/c1-42-27(38)10-6-21-5-9-25(35(43-2)34(47-48-35)22-12-19-11-20(14-22)15-23(34)13-19)28(36)32(21)44-17-18-3-7-24(8-4-18)45-33-31(41)30(40)29(39)26(16-37)46-33/h3-10,19-20,22-23,26,29-31,33,37,39-41H,11-17H2,1-2H3/b10-6+/t19?,20?,22?,23?,26?,29-,30-,31?,33+,34?,35?/m0/s1. The summed E-state index contributed by atoms with van der Waals surface area (Å²) in [7, 11) is 2.91. The van der Waals surface area contributed by atoms with Crippen LogP contribution in [0.5, 0.6) is 11.5 Å². The van der Waals surface area contributed by atoms with E-state index in [-0.39, 0.29) is 23.5 Å². The summed E-state index contributed by atoms with van der Waals surface area (Å²) in [5, 5.41) is 40.2. The molecule has 6 aliphatic rings. The summed E-state index contributed by atoms with van der Waals surface area (Å²) in [6.07, 6.45) is 1.45. The molecule has 2 saturated heterocycles. The Morgan fingerprint density at radius 1 is 0.938 bits per heavy atom. The molecule has 6 fully saturated rings. The number of esters is 1. The average molecular weight is 689 g/mol. The highest BCUT2D eigenvalue weighted by Crippen LogP contribution is 2.70. The molecule has 13 heteroatoms. The van der Waals surface area contributed by atoms with Gasteiger partial charge in [-0.1, -0.05) is 35.9 Å². The van der Waals surface area contributed by atoms with Crippen LogP contribution in [0.25, 0.3) is 6.08 Å². The van der Waals surface area contributed by atoms with Crippen molar-refractivity contribution in [2.75, 3.05) is 20.8 Å². The van der Waals surface area contributed by atoms with Crippen molar-refractivity contribution in [3.05, 3.63) is 64.2 Å². The Hall–Kier alpha value is -2.78. The predicted octanol–water partition coefficient (Wildman–Crippen LogP) is 3.24. The van der Waals surface area contributed by atoms with Crippen LogP contribution in [0.3, 0.4) is 0 Å². The number of halogens is 1. The van der Waals surface area contributed by atoms with Crippen molar-refractivity contribution in [2.24, 2.45) is 23.7 Å². The van der Waals surface area contributed by atoms with E-state index in [1.807, 2.05) is 6.07 Å². The number of aliphatic hydroxyl groups is 4. The normalized spacial score (nSPS) is 38.3. The van der Waals surface area contributed by atoms with Gasteiger partial charge in [0.15, 0.2) is 5.60 Å². The van der Waals surface area contributed by atoms with Crippen LogP contribution in [-0.2, 0) is 41.2 Å². The van der Waals surface area contributed by atoms with Crippen LogP contribution in [0.15, 0.2) is 42.5 Å². The van der Waals surface area contributed by atoms with Gasteiger partial charge in [0.2, 0.25) is 6.29 Å². The molecule has 2 aromatic carbocycles. The maximum Gasteiger partial charge on any atom is 0.330 e. The highest BCUT2D eigenvalue weighted by Gasteiger charge is 2.77. The maximum atomic E-state index is 12.0. The van der Waals surface area contributed by atoms with E-state index in [1.165, 1.54) is 19.6 Å². The first-order chi connectivity index (χ1) is 23.1. The topological polar surface area (TPSA) is 163 Å². The third-order valence-corrected chi connectivity index (χ3v) is 11.3. The quantitative estimate of drug-likeness (QED) is 0.164. The van der Waals surface area contributed by atoms with Crippen molar-refractivity contribution in [1.29, 1.82) is 0 Å². The number of benzene rings is 2. The first kappa shape index (κ1) is 33.7. The summed E-state index contributed by atoms with van der Waals surface area (Å²) in [6.45, 7) is -0.477. The molecule has 6 atom stereocenters. The van der Waals surface area contributed by atoms with Crippen LogP contribution >= 0.6 is 11.6 Å². The van der Waals surface area contributed by atoms with Crippen LogP contribution in [0, 0.1) is 23.7 Å². The molecule has 0 radical (unpaired) electrons. The number of ether oxygens (including phenoxy) is 5. The van der Waals surface area contributed by atoms with Gasteiger partial charge < -0.3 is 44.1 Å². The maximum absolute atomic E-state index is 12.0. The molecule has 3 unspecified atom stereocenters. The Bertz CT molecular complexity index is 1500. The minimum absolute atomic E-state index is 0.0830. The number of hydrogen-bond acceptors (Lipinski definition) is 12. The molecular formula is C35H41ClO12. The summed E-state index contributed by atoms with van der Waals surface area (Å²) in [4.78, 5) is 24.1. The Balaban J connectivity index is 1.14. The number of carbonyl (C=O) groups is 1. The van der Waals surface area contributed by atoms with Gasteiger partial charge in [-0.05, 0) is 79.5 Å². The first-order valence-electron chi connectivity index (χ1n) is 16.3. The van der Waals surface area contributed by atoms with Gasteiger partial charge in [0.1, 0.15) is 42.5 Å². The number of rotatable bonds is 10. The molecule has 4 N–H and O–H groups in total. The molecule has 0 aromatic heterocycles. The van der Waals surface area contributed by atoms with E-state index in [4.69, 9.17) is 45.1 Å². The number of carbonyl (C=O) groups excluding carboxylic acids is 1. The lowest BCUT2D eigenvalue weighted by molar-refractivity contribution is -0.645. The molecule has 12 nitrogen and oxygen atoms in total. The van der Waals surface area contributed by atoms with Crippen LogP contribution in [0.4, 0.5) is 0 Å². The Labute approximate surface area is 283 Å². The molecule has 8 rings (SSSR count). The van der Waals surface area contributed by atoms with Crippen LogP contribution in [0.1, 0.15) is 48.8 Å². The second-order valence-electron chi connectivity index (χ2n) is 13.5. The van der Waals surface area contributed by atoms with Crippen LogP contribution in [-0.4, -0.2) is 83.5 Å². The zero-order valence-electron chi connectivity index (χ0n) is 26.7. The van der Waals surface area contributed by atoms with E-state index in [2.05, 4.69) is 0 Å². The summed E-state index contributed by atoms with van der Waals surface area (Å²) in [6, 6.07) is 10.4. The van der Waals surface area contributed by atoms with Gasteiger partial charge in [-0.2, -0.15) is 4.89 Å². The Morgan fingerprint density at radius 3 is 2.21 bits per heavy atom. The van der Waals surface area contributed by atoms with E-state index >= 15 is 0 Å². The van der Waals surface area contributed by atoms with E-state index in [0.29, 0.717) is 34.5 Å². The van der Waals surface area contributed by atoms with E-state index in [9.17, 15) is 25.2 Å². The van der Waals surface area contributed by atoms with E-state index < -0.39 is 54.7 Å². The molecule has 2 aliphatic heterocycles. The molecule has 4 aliphatic carbocycles. The third-order valence-electron chi connectivity index (χ3n) is 10.9. The monoisotopic (exact) mass is 688 g/mol. The van der Waals surface area contributed by atoms with Gasteiger partial charge in [-0.15, -0.1) is 0 Å². The molecule has 2 aromatic rings. The fraction of sp³-hybridized carbons (Fsp3) is 0.571. The smallest absolute Gasteiger partial charge is 0.330 e. The Morgan fingerprint density at radius 2 is 1.62 bits per heavy atom. The minimum atomic E-state index is -1.55. The van der Waals surface area contributed by atoms with E-state index in [0.717, 1.165) is 31.2 Å². The van der Waals surface area contributed by atoms with Crippen molar-refractivity contribution in [2.45, 2.75) is 80.8 Å². The lowest BCUT2D eigenvalue weighted by atomic mass is 9.47. The zero-order chi connectivity index (χ0) is 33.8.